The Morgan fingerprint density at radius 2 is 2.20 bits per heavy atom. The minimum absolute atomic E-state index is 0.244. The molecule has 108 valence electrons. The normalized spacial score (nSPS) is 15.5. The van der Waals surface area contributed by atoms with Crippen molar-refractivity contribution in [3.05, 3.63) is 22.5 Å². The molecule has 0 unspecified atom stereocenters. The Hall–Kier alpha value is -1.56. The zero-order chi connectivity index (χ0) is 14.5. The van der Waals surface area contributed by atoms with Gasteiger partial charge < -0.3 is 9.64 Å². The molecule has 0 atom stereocenters. The third-order valence-electron chi connectivity index (χ3n) is 3.32. The lowest BCUT2D eigenvalue weighted by Gasteiger charge is -2.29. The summed E-state index contributed by atoms with van der Waals surface area (Å²) in [5.41, 5.74) is 2.95. The number of aryl methyl sites for hydroxylation is 1. The number of carbonyl (C=O) groups is 1. The van der Waals surface area contributed by atoms with E-state index in [4.69, 9.17) is 4.74 Å². The van der Waals surface area contributed by atoms with Crippen molar-refractivity contribution in [2.75, 3.05) is 6.54 Å². The van der Waals surface area contributed by atoms with Crippen molar-refractivity contribution in [1.29, 1.82) is 0 Å². The van der Waals surface area contributed by atoms with E-state index in [1.54, 1.807) is 16.2 Å². The zero-order valence-electron chi connectivity index (χ0n) is 12.3. The molecule has 0 spiro atoms. The molecule has 0 saturated carbocycles. The van der Waals surface area contributed by atoms with Gasteiger partial charge in [-0.3, -0.25) is 4.40 Å². The van der Waals surface area contributed by atoms with Crippen molar-refractivity contribution in [2.45, 2.75) is 46.3 Å². The van der Waals surface area contributed by atoms with Crippen LogP contribution in [0, 0.1) is 6.92 Å². The van der Waals surface area contributed by atoms with E-state index in [9.17, 15) is 4.79 Å². The van der Waals surface area contributed by atoms with Gasteiger partial charge in [-0.1, -0.05) is 0 Å². The van der Waals surface area contributed by atoms with E-state index in [2.05, 4.69) is 21.7 Å². The molecule has 6 heteroatoms. The third kappa shape index (κ3) is 2.28. The highest BCUT2D eigenvalue weighted by atomic mass is 32.1. The van der Waals surface area contributed by atoms with Gasteiger partial charge in [0.05, 0.1) is 17.9 Å². The minimum atomic E-state index is -0.456. The molecule has 0 aromatic carbocycles. The molecule has 0 saturated heterocycles. The number of imidazole rings is 1. The van der Waals surface area contributed by atoms with Crippen LogP contribution in [0.3, 0.4) is 0 Å². The Labute approximate surface area is 122 Å². The summed E-state index contributed by atoms with van der Waals surface area (Å²) in [6, 6.07) is 0. The molecule has 2 aromatic heterocycles. The van der Waals surface area contributed by atoms with Crippen LogP contribution in [0.5, 0.6) is 0 Å². The fraction of sp³-hybridized carbons (Fsp3) is 0.571. The molecular weight excluding hydrogens is 274 g/mol. The second-order valence-electron chi connectivity index (χ2n) is 6.15. The lowest BCUT2D eigenvalue weighted by molar-refractivity contribution is 0.0220. The van der Waals surface area contributed by atoms with E-state index < -0.39 is 5.60 Å². The second kappa shape index (κ2) is 4.48. The minimum Gasteiger partial charge on any atom is -0.444 e. The monoisotopic (exact) mass is 293 g/mol. The van der Waals surface area contributed by atoms with Crippen molar-refractivity contribution in [2.24, 2.45) is 0 Å². The highest BCUT2D eigenvalue weighted by molar-refractivity contribution is 7.15. The van der Waals surface area contributed by atoms with Crippen LogP contribution in [0.15, 0.2) is 5.38 Å². The summed E-state index contributed by atoms with van der Waals surface area (Å²) in [5, 5.41) is 2.09. The lowest BCUT2D eigenvalue weighted by atomic mass is 10.1. The van der Waals surface area contributed by atoms with Gasteiger partial charge in [-0.05, 0) is 27.7 Å². The first kappa shape index (κ1) is 13.4. The molecule has 0 radical (unpaired) electrons. The highest BCUT2D eigenvalue weighted by Gasteiger charge is 2.28. The summed E-state index contributed by atoms with van der Waals surface area (Å²) < 4.78 is 7.60. The van der Waals surface area contributed by atoms with Crippen molar-refractivity contribution in [3.63, 3.8) is 0 Å². The van der Waals surface area contributed by atoms with Gasteiger partial charge in [-0.15, -0.1) is 11.3 Å². The molecule has 5 nitrogen and oxygen atoms in total. The maximum Gasteiger partial charge on any atom is 0.410 e. The maximum absolute atomic E-state index is 12.2. The second-order valence-corrected chi connectivity index (χ2v) is 6.99. The first-order valence-electron chi connectivity index (χ1n) is 6.77. The van der Waals surface area contributed by atoms with E-state index in [1.807, 2.05) is 20.8 Å². The molecular formula is C14H19N3O2S. The smallest absolute Gasteiger partial charge is 0.410 e. The molecule has 3 rings (SSSR count). The van der Waals surface area contributed by atoms with Crippen molar-refractivity contribution < 1.29 is 9.53 Å². The van der Waals surface area contributed by atoms with E-state index in [0.29, 0.717) is 13.1 Å². The number of rotatable bonds is 0. The average molecular weight is 293 g/mol. The van der Waals surface area contributed by atoms with Crippen molar-refractivity contribution in [1.82, 2.24) is 14.3 Å². The van der Waals surface area contributed by atoms with E-state index in [1.165, 1.54) is 5.69 Å². The van der Waals surface area contributed by atoms with E-state index >= 15 is 0 Å². The van der Waals surface area contributed by atoms with Gasteiger partial charge in [0.2, 0.25) is 0 Å². The Morgan fingerprint density at radius 3 is 2.90 bits per heavy atom. The average Bonchev–Trinajstić information content (AvgIpc) is 2.86. The molecule has 0 bridgehead atoms. The standard InChI is InChI=1S/C14H19N3O2S/c1-9-8-20-12-15-10-5-6-16(7-11(10)17(9)12)13(18)19-14(2,3)4/h8H,5-7H2,1-4H3. The van der Waals surface area contributed by atoms with Gasteiger partial charge in [0, 0.05) is 24.0 Å². The zero-order valence-corrected chi connectivity index (χ0v) is 13.1. The van der Waals surface area contributed by atoms with Crippen LogP contribution < -0.4 is 0 Å². The summed E-state index contributed by atoms with van der Waals surface area (Å²) in [7, 11) is 0. The Bertz CT molecular complexity index is 666. The number of hydrogen-bond acceptors (Lipinski definition) is 4. The first-order valence-corrected chi connectivity index (χ1v) is 7.65. The summed E-state index contributed by atoms with van der Waals surface area (Å²) in [4.78, 5) is 19.6. The summed E-state index contributed by atoms with van der Waals surface area (Å²) in [6.07, 6.45) is 0.550. The van der Waals surface area contributed by atoms with Gasteiger partial charge in [-0.2, -0.15) is 0 Å². The van der Waals surface area contributed by atoms with E-state index in [0.717, 1.165) is 22.8 Å². The predicted molar refractivity (Wildman–Crippen MR) is 78.2 cm³/mol. The molecule has 0 fully saturated rings. The Balaban J connectivity index is 1.87. The predicted octanol–water partition coefficient (Wildman–Crippen LogP) is 3.00. The van der Waals surface area contributed by atoms with Gasteiger partial charge in [0.25, 0.3) is 0 Å². The van der Waals surface area contributed by atoms with Gasteiger partial charge >= 0.3 is 6.09 Å². The quantitative estimate of drug-likeness (QED) is 0.750. The number of amides is 1. The summed E-state index contributed by atoms with van der Waals surface area (Å²) in [5.74, 6) is 0. The Kier molecular flexibility index (Phi) is 3.01. The largest absolute Gasteiger partial charge is 0.444 e. The van der Waals surface area contributed by atoms with Crippen LogP contribution in [0.4, 0.5) is 4.79 Å². The van der Waals surface area contributed by atoms with Gasteiger partial charge in [-0.25, -0.2) is 9.78 Å². The Morgan fingerprint density at radius 1 is 1.45 bits per heavy atom. The number of thiazole rings is 1. The molecule has 1 aliphatic heterocycles. The van der Waals surface area contributed by atoms with Crippen LogP contribution in [0.1, 0.15) is 37.9 Å². The fourth-order valence-electron chi connectivity index (χ4n) is 2.45. The fourth-order valence-corrected chi connectivity index (χ4v) is 3.36. The number of aromatic nitrogens is 2. The number of fused-ring (bicyclic) bond motifs is 3. The maximum atomic E-state index is 12.2. The van der Waals surface area contributed by atoms with E-state index in [-0.39, 0.29) is 6.09 Å². The topological polar surface area (TPSA) is 46.8 Å². The van der Waals surface area contributed by atoms with Crippen LogP contribution in [0.2, 0.25) is 0 Å². The molecule has 1 aliphatic rings. The molecule has 0 aliphatic carbocycles. The number of nitrogens with zero attached hydrogens (tertiary/aromatic N) is 3. The van der Waals surface area contributed by atoms with Crippen molar-refractivity contribution >= 4 is 22.4 Å². The van der Waals surface area contributed by atoms with Gasteiger partial charge in [0.1, 0.15) is 5.60 Å². The summed E-state index contributed by atoms with van der Waals surface area (Å²) in [6.45, 7) is 8.98. The number of hydrogen-bond donors (Lipinski definition) is 0. The van der Waals surface area contributed by atoms with Crippen LogP contribution >= 0.6 is 11.3 Å². The lowest BCUT2D eigenvalue weighted by Crippen LogP contribution is -2.40. The molecule has 20 heavy (non-hydrogen) atoms. The van der Waals surface area contributed by atoms with Crippen molar-refractivity contribution in [3.8, 4) is 0 Å². The molecule has 2 aromatic rings. The summed E-state index contributed by atoms with van der Waals surface area (Å²) >= 11 is 1.64. The number of carbonyl (C=O) groups excluding carboxylic acids is 1. The van der Waals surface area contributed by atoms with Gasteiger partial charge in [0.15, 0.2) is 4.96 Å². The number of ether oxygens (including phenoxy) is 1. The van der Waals surface area contributed by atoms with Crippen LogP contribution in [0.25, 0.3) is 4.96 Å². The highest BCUT2D eigenvalue weighted by Crippen LogP contribution is 2.26. The third-order valence-corrected chi connectivity index (χ3v) is 4.27. The first-order chi connectivity index (χ1) is 9.35. The van der Waals surface area contributed by atoms with Crippen LogP contribution in [-0.2, 0) is 17.7 Å². The SMILES string of the molecule is Cc1csc2nc3c(n12)CN(C(=O)OC(C)(C)C)CC3. The molecule has 0 N–H and O–H groups in total. The molecule has 3 heterocycles. The molecule has 1 amide bonds. The van der Waals surface area contributed by atoms with Crippen LogP contribution in [-0.4, -0.2) is 32.5 Å².